The van der Waals surface area contributed by atoms with Crippen molar-refractivity contribution in [1.82, 2.24) is 36.5 Å². The molecule has 3 heterocycles. The number of nitrogens with one attached hydrogen (secondary N) is 6. The molecule has 2 saturated heterocycles. The first-order valence-corrected chi connectivity index (χ1v) is 18.7. The van der Waals surface area contributed by atoms with Gasteiger partial charge in [0.2, 0.25) is 35.4 Å². The molecule has 54 heavy (non-hydrogen) atoms. The number of aromatic amines is 1. The number of carbonyl (C=O) groups is 6. The summed E-state index contributed by atoms with van der Waals surface area (Å²) in [6, 6.07) is 11.5. The van der Waals surface area contributed by atoms with Gasteiger partial charge in [0.05, 0.1) is 6.10 Å². The quantitative estimate of drug-likeness (QED) is 0.179. The lowest BCUT2D eigenvalue weighted by atomic mass is 10.00. The number of hydrogen-bond donors (Lipinski definition) is 7. The molecule has 2 aromatic carbocycles. The van der Waals surface area contributed by atoms with Crippen molar-refractivity contribution in [2.75, 3.05) is 13.1 Å². The van der Waals surface area contributed by atoms with E-state index in [4.69, 9.17) is 0 Å². The summed E-state index contributed by atoms with van der Waals surface area (Å²) < 4.78 is 0. The highest BCUT2D eigenvalue weighted by atomic mass is 16.3. The Balaban J connectivity index is 1.42. The molecule has 2 aliphatic rings. The van der Waals surface area contributed by atoms with Gasteiger partial charge in [-0.25, -0.2) is 0 Å². The topological polar surface area (TPSA) is 202 Å². The zero-order valence-corrected chi connectivity index (χ0v) is 31.0. The third-order valence-electron chi connectivity index (χ3n) is 9.75. The fourth-order valence-electron chi connectivity index (χ4n) is 6.90. The first kappa shape index (κ1) is 39.7. The first-order valence-electron chi connectivity index (χ1n) is 18.7. The summed E-state index contributed by atoms with van der Waals surface area (Å²) in [7, 11) is 0. The van der Waals surface area contributed by atoms with Crippen LogP contribution in [0.5, 0.6) is 0 Å². The summed E-state index contributed by atoms with van der Waals surface area (Å²) in [5, 5.41) is 25.3. The van der Waals surface area contributed by atoms with Crippen molar-refractivity contribution >= 4 is 52.4 Å². The zero-order chi connectivity index (χ0) is 38.8. The molecule has 3 aromatic rings. The van der Waals surface area contributed by atoms with Gasteiger partial charge >= 0.3 is 0 Å². The van der Waals surface area contributed by atoms with Crippen molar-refractivity contribution in [2.45, 2.75) is 95.6 Å². The number of benzene rings is 2. The molecule has 0 aliphatic carbocycles. The number of aliphatic hydroxyl groups excluding tert-OH is 1. The van der Waals surface area contributed by atoms with Crippen LogP contribution in [-0.2, 0) is 35.2 Å². The van der Waals surface area contributed by atoms with Crippen LogP contribution in [0.15, 0.2) is 66.9 Å². The second-order valence-electron chi connectivity index (χ2n) is 14.5. The molecule has 1 aromatic heterocycles. The standard InChI is InChI=1S/C40H51N7O7/c1-24(2)19-33-40(54)47-23-28(48)21-34(47)39(53)41-18-10-9-15-31(44-35(49)17-16-26-11-5-4-6-12-26)37(51)43-25(3)36(50)45-32(38(52)46-33)20-27-22-42-30-14-8-7-13-29(27)30/h4-8,11-14,16-17,22,24-25,28,31-34,42,48H,9-10,15,18-21,23H2,1-3H3,(H,41,53)(H,43,51)(H,44,49)(H,45,50)(H,46,52)/t25-,28-,31+,32+,33-,34+/m1/s1. The second kappa shape index (κ2) is 18.5. The third kappa shape index (κ3) is 10.6. The summed E-state index contributed by atoms with van der Waals surface area (Å²) in [5.74, 6) is -3.31. The van der Waals surface area contributed by atoms with E-state index in [0.29, 0.717) is 12.8 Å². The lowest BCUT2D eigenvalue weighted by molar-refractivity contribution is -0.142. The Bertz CT molecular complexity index is 1840. The summed E-state index contributed by atoms with van der Waals surface area (Å²) in [6.07, 6.45) is 5.23. The number of rotatable bonds is 7. The highest BCUT2D eigenvalue weighted by Crippen LogP contribution is 2.23. The molecule has 0 radical (unpaired) electrons. The SMILES string of the molecule is CC(C)C[C@H]1NC(=O)[C@H](Cc2c[nH]c3ccccc23)NC(=O)[C@@H](C)NC(=O)[C@@H](NC(=O)C=Cc2ccccc2)CCCCNC(=O)[C@@H]2C[C@@H](O)CN2C1=O. The molecule has 2 aliphatic heterocycles. The van der Waals surface area contributed by atoms with E-state index in [-0.39, 0.29) is 44.7 Å². The van der Waals surface area contributed by atoms with Gasteiger partial charge in [0.1, 0.15) is 30.2 Å². The summed E-state index contributed by atoms with van der Waals surface area (Å²) in [4.78, 5) is 86.4. The summed E-state index contributed by atoms with van der Waals surface area (Å²) in [5.41, 5.74) is 2.39. The van der Waals surface area contributed by atoms with E-state index in [0.717, 1.165) is 22.0 Å². The normalized spacial score (nSPS) is 25.3. The lowest BCUT2D eigenvalue weighted by Crippen LogP contribution is -2.59. The van der Waals surface area contributed by atoms with Gasteiger partial charge in [0.15, 0.2) is 0 Å². The predicted octanol–water partition coefficient (Wildman–Crippen LogP) is 1.69. The number of para-hydroxylation sites is 1. The minimum Gasteiger partial charge on any atom is -0.391 e. The van der Waals surface area contributed by atoms with E-state index in [1.165, 1.54) is 17.9 Å². The van der Waals surface area contributed by atoms with Gasteiger partial charge in [-0.15, -0.1) is 0 Å². The van der Waals surface area contributed by atoms with Gasteiger partial charge in [-0.3, -0.25) is 28.8 Å². The molecule has 7 N–H and O–H groups in total. The van der Waals surface area contributed by atoms with Crippen molar-refractivity contribution in [3.63, 3.8) is 0 Å². The van der Waals surface area contributed by atoms with Gasteiger partial charge in [-0.1, -0.05) is 62.4 Å². The Morgan fingerprint density at radius 3 is 2.39 bits per heavy atom. The van der Waals surface area contributed by atoms with Crippen molar-refractivity contribution < 1.29 is 33.9 Å². The minimum atomic E-state index is -1.16. The maximum atomic E-state index is 14.2. The van der Waals surface area contributed by atoms with E-state index < -0.39 is 71.8 Å². The highest BCUT2D eigenvalue weighted by molar-refractivity contribution is 5.98. The molecule has 14 nitrogen and oxygen atoms in total. The van der Waals surface area contributed by atoms with Gasteiger partial charge in [-0.2, -0.15) is 0 Å². The Labute approximate surface area is 314 Å². The van der Waals surface area contributed by atoms with Crippen LogP contribution in [0, 0.1) is 5.92 Å². The van der Waals surface area contributed by atoms with Crippen molar-refractivity contribution in [3.05, 3.63) is 78.0 Å². The Morgan fingerprint density at radius 2 is 1.63 bits per heavy atom. The molecular formula is C40H51N7O7. The van der Waals surface area contributed by atoms with Crippen molar-refractivity contribution in [1.29, 1.82) is 0 Å². The molecule has 0 saturated carbocycles. The Kier molecular flexibility index (Phi) is 13.6. The van der Waals surface area contributed by atoms with Crippen molar-refractivity contribution in [2.24, 2.45) is 5.92 Å². The molecule has 0 unspecified atom stereocenters. The number of nitrogens with zero attached hydrogens (tertiary/aromatic N) is 1. The van der Waals surface area contributed by atoms with Gasteiger partial charge in [0.25, 0.3) is 0 Å². The lowest BCUT2D eigenvalue weighted by Gasteiger charge is -2.30. The maximum absolute atomic E-state index is 14.2. The molecule has 6 atom stereocenters. The molecule has 6 amide bonds. The van der Waals surface area contributed by atoms with E-state index in [1.807, 2.05) is 68.4 Å². The average Bonchev–Trinajstić information content (AvgIpc) is 3.75. The molecular weight excluding hydrogens is 690 g/mol. The fraction of sp³-hybridized carbons (Fsp3) is 0.450. The zero-order valence-electron chi connectivity index (χ0n) is 31.0. The number of aliphatic hydroxyl groups is 1. The van der Waals surface area contributed by atoms with E-state index in [1.54, 1.807) is 12.3 Å². The number of aromatic nitrogens is 1. The average molecular weight is 742 g/mol. The van der Waals surface area contributed by atoms with Crippen LogP contribution in [0.25, 0.3) is 17.0 Å². The molecule has 14 heteroatoms. The van der Waals surface area contributed by atoms with E-state index in [2.05, 4.69) is 31.6 Å². The monoisotopic (exact) mass is 741 g/mol. The van der Waals surface area contributed by atoms with Crippen molar-refractivity contribution in [3.8, 4) is 0 Å². The van der Waals surface area contributed by atoms with Crippen LogP contribution in [0.4, 0.5) is 0 Å². The maximum Gasteiger partial charge on any atom is 0.245 e. The number of fused-ring (bicyclic) bond motifs is 2. The van der Waals surface area contributed by atoms with Gasteiger partial charge in [0, 0.05) is 49.1 Å². The summed E-state index contributed by atoms with van der Waals surface area (Å²) in [6.45, 7) is 5.46. The number of H-pyrrole nitrogens is 1. The van der Waals surface area contributed by atoms with Crippen LogP contribution in [-0.4, -0.2) is 99.8 Å². The fourth-order valence-corrected chi connectivity index (χ4v) is 6.90. The largest absolute Gasteiger partial charge is 0.391 e. The van der Waals surface area contributed by atoms with Crippen LogP contribution < -0.4 is 26.6 Å². The third-order valence-corrected chi connectivity index (χ3v) is 9.75. The second-order valence-corrected chi connectivity index (χ2v) is 14.5. The smallest absolute Gasteiger partial charge is 0.245 e. The van der Waals surface area contributed by atoms with E-state index in [9.17, 15) is 33.9 Å². The van der Waals surface area contributed by atoms with Gasteiger partial charge < -0.3 is 41.6 Å². The van der Waals surface area contributed by atoms with Crippen LogP contribution in [0.3, 0.4) is 0 Å². The minimum absolute atomic E-state index is 0.0279. The van der Waals surface area contributed by atoms with Gasteiger partial charge in [-0.05, 0) is 61.8 Å². The molecule has 2 fully saturated rings. The highest BCUT2D eigenvalue weighted by Gasteiger charge is 2.42. The Morgan fingerprint density at radius 1 is 0.907 bits per heavy atom. The number of amides is 6. The molecule has 288 valence electrons. The van der Waals surface area contributed by atoms with Crippen LogP contribution in [0.1, 0.15) is 64.0 Å². The molecule has 0 bridgehead atoms. The molecule has 0 spiro atoms. The predicted molar refractivity (Wildman–Crippen MR) is 203 cm³/mol. The summed E-state index contributed by atoms with van der Waals surface area (Å²) >= 11 is 0. The first-order chi connectivity index (χ1) is 25.9. The Hall–Kier alpha value is -5.50. The van der Waals surface area contributed by atoms with Crippen LogP contribution >= 0.6 is 0 Å². The number of carbonyl (C=O) groups excluding carboxylic acids is 6. The number of hydrogen-bond acceptors (Lipinski definition) is 7. The van der Waals surface area contributed by atoms with Crippen LogP contribution in [0.2, 0.25) is 0 Å². The van der Waals surface area contributed by atoms with E-state index >= 15 is 0 Å². The molecule has 5 rings (SSSR count).